The minimum Gasteiger partial charge on any atom is -0.493 e. The summed E-state index contributed by atoms with van der Waals surface area (Å²) in [5.41, 5.74) is 1.67. The summed E-state index contributed by atoms with van der Waals surface area (Å²) in [7, 11) is 1.56. The Morgan fingerprint density at radius 2 is 1.88 bits per heavy atom. The molecule has 3 rings (SSSR count). The molecule has 180 valence electrons. The Kier molecular flexibility index (Phi) is 8.73. The summed E-state index contributed by atoms with van der Waals surface area (Å²) in [6, 6.07) is 4.37. The van der Waals surface area contributed by atoms with Gasteiger partial charge in [0.25, 0.3) is 0 Å². The van der Waals surface area contributed by atoms with Crippen LogP contribution in [-0.2, 0) is 9.53 Å². The highest BCUT2D eigenvalue weighted by atomic mass is 16.5. The Morgan fingerprint density at radius 3 is 2.52 bits per heavy atom. The van der Waals surface area contributed by atoms with Gasteiger partial charge < -0.3 is 24.8 Å². The van der Waals surface area contributed by atoms with Crippen molar-refractivity contribution in [2.24, 2.45) is 0 Å². The molecule has 2 aliphatic heterocycles. The second kappa shape index (κ2) is 11.7. The van der Waals surface area contributed by atoms with Crippen LogP contribution < -0.4 is 20.1 Å². The number of carbonyl (C=O) groups excluding carboxylic acids is 2. The Bertz CT molecular complexity index is 893. The summed E-state index contributed by atoms with van der Waals surface area (Å²) in [6.45, 7) is 13.0. The second-order valence-corrected chi connectivity index (χ2v) is 7.85. The lowest BCUT2D eigenvalue weighted by atomic mass is 9.94. The average Bonchev–Trinajstić information content (AvgIpc) is 2.80. The number of carbonyl (C=O) groups is 2. The van der Waals surface area contributed by atoms with Crippen LogP contribution in [0, 0.1) is 0 Å². The van der Waals surface area contributed by atoms with Gasteiger partial charge in [0.15, 0.2) is 11.5 Å². The summed E-state index contributed by atoms with van der Waals surface area (Å²) >= 11 is 0. The van der Waals surface area contributed by atoms with Crippen LogP contribution in [0.2, 0.25) is 0 Å². The van der Waals surface area contributed by atoms with Crippen LogP contribution in [-0.4, -0.2) is 81.4 Å². The maximum absolute atomic E-state index is 13.0. The van der Waals surface area contributed by atoms with Gasteiger partial charge in [0.1, 0.15) is 0 Å². The number of rotatable bonds is 10. The predicted molar refractivity (Wildman–Crippen MR) is 125 cm³/mol. The molecule has 0 aliphatic carbocycles. The van der Waals surface area contributed by atoms with E-state index in [9.17, 15) is 9.59 Å². The zero-order chi connectivity index (χ0) is 23.8. The Hall–Kier alpha value is -3.04. The molecule has 1 saturated heterocycles. The Labute approximate surface area is 195 Å². The topological polar surface area (TPSA) is 92.4 Å². The lowest BCUT2D eigenvalue weighted by molar-refractivity contribution is -0.139. The van der Waals surface area contributed by atoms with Crippen molar-refractivity contribution in [1.82, 2.24) is 20.4 Å². The molecule has 1 aromatic rings. The van der Waals surface area contributed by atoms with Crippen molar-refractivity contribution in [3.05, 3.63) is 47.7 Å². The molecule has 0 aromatic heterocycles. The first kappa shape index (κ1) is 24.6. The minimum atomic E-state index is -0.667. The lowest BCUT2D eigenvalue weighted by Crippen LogP contribution is -2.51. The molecule has 0 spiro atoms. The first-order valence-electron chi connectivity index (χ1n) is 11.3. The summed E-state index contributed by atoms with van der Waals surface area (Å²) in [6.07, 6.45) is 1.90. The van der Waals surface area contributed by atoms with Crippen molar-refractivity contribution in [1.29, 1.82) is 0 Å². The standard InChI is InChI=1S/C24H34N4O5/c1-5-10-27-11-13-28(14-12-27)16-18-21(23(29)33-7-3)22(26-24(30)25-18)17-8-9-19(32-6-2)20(15-17)31-4/h5,8-9,15,22H,1,6-7,10-14,16H2,2-4H3,(H2,25,26,30)/t22-/m0/s1. The first-order valence-corrected chi connectivity index (χ1v) is 11.3. The highest BCUT2D eigenvalue weighted by Gasteiger charge is 2.35. The van der Waals surface area contributed by atoms with Crippen molar-refractivity contribution in [2.45, 2.75) is 19.9 Å². The minimum absolute atomic E-state index is 0.239. The van der Waals surface area contributed by atoms with Gasteiger partial charge in [-0.3, -0.25) is 9.80 Å². The zero-order valence-electron chi connectivity index (χ0n) is 19.7. The number of hydrogen-bond donors (Lipinski definition) is 2. The quantitative estimate of drug-likeness (QED) is 0.410. The molecule has 0 unspecified atom stereocenters. The number of piperazine rings is 1. The normalized spacial score (nSPS) is 19.5. The van der Waals surface area contributed by atoms with E-state index in [1.54, 1.807) is 26.2 Å². The van der Waals surface area contributed by atoms with Crippen LogP contribution in [0.4, 0.5) is 4.79 Å². The maximum atomic E-state index is 13.0. The van der Waals surface area contributed by atoms with E-state index in [2.05, 4.69) is 27.0 Å². The number of nitrogens with one attached hydrogen (secondary N) is 2. The SMILES string of the molecule is C=CCN1CCN(CC2=C(C(=O)OCC)[C@H](c3ccc(OCC)c(OC)c3)NC(=O)N2)CC1. The predicted octanol–water partition coefficient (Wildman–Crippen LogP) is 2.07. The van der Waals surface area contributed by atoms with Crippen LogP contribution >= 0.6 is 0 Å². The van der Waals surface area contributed by atoms with E-state index in [1.165, 1.54) is 0 Å². The van der Waals surface area contributed by atoms with E-state index in [0.29, 0.717) is 41.5 Å². The van der Waals surface area contributed by atoms with Crippen molar-refractivity contribution in [3.8, 4) is 11.5 Å². The average molecular weight is 459 g/mol. The van der Waals surface area contributed by atoms with Crippen molar-refractivity contribution >= 4 is 12.0 Å². The third kappa shape index (κ3) is 6.06. The summed E-state index contributed by atoms with van der Waals surface area (Å²) < 4.78 is 16.5. The molecular weight excluding hydrogens is 424 g/mol. The fourth-order valence-electron chi connectivity index (χ4n) is 4.12. The van der Waals surface area contributed by atoms with Gasteiger partial charge in [-0.15, -0.1) is 6.58 Å². The number of ether oxygens (including phenoxy) is 3. The molecule has 1 atom stereocenters. The van der Waals surface area contributed by atoms with Crippen LogP contribution in [0.3, 0.4) is 0 Å². The molecule has 2 heterocycles. The van der Waals surface area contributed by atoms with Crippen LogP contribution in [0.1, 0.15) is 25.5 Å². The van der Waals surface area contributed by atoms with Crippen LogP contribution in [0.15, 0.2) is 42.1 Å². The maximum Gasteiger partial charge on any atom is 0.338 e. The molecule has 2 N–H and O–H groups in total. The van der Waals surface area contributed by atoms with E-state index < -0.39 is 12.0 Å². The third-order valence-electron chi connectivity index (χ3n) is 5.70. The molecule has 0 saturated carbocycles. The van der Waals surface area contributed by atoms with Gasteiger partial charge >= 0.3 is 12.0 Å². The number of benzene rings is 1. The van der Waals surface area contributed by atoms with Crippen molar-refractivity contribution in [3.63, 3.8) is 0 Å². The van der Waals surface area contributed by atoms with Crippen LogP contribution in [0.25, 0.3) is 0 Å². The summed E-state index contributed by atoms with van der Waals surface area (Å²) in [4.78, 5) is 30.2. The molecule has 0 bridgehead atoms. The molecule has 9 nitrogen and oxygen atoms in total. The molecule has 9 heteroatoms. The van der Waals surface area contributed by atoms with Gasteiger partial charge in [-0.1, -0.05) is 12.1 Å². The zero-order valence-corrected chi connectivity index (χ0v) is 19.7. The molecular formula is C24H34N4O5. The highest BCUT2D eigenvalue weighted by molar-refractivity contribution is 5.95. The molecule has 33 heavy (non-hydrogen) atoms. The summed E-state index contributed by atoms with van der Waals surface area (Å²) in [5.74, 6) is 0.677. The number of esters is 1. The number of urea groups is 1. The van der Waals surface area contributed by atoms with Crippen LogP contribution in [0.5, 0.6) is 11.5 Å². The highest BCUT2D eigenvalue weighted by Crippen LogP contribution is 2.34. The van der Waals surface area contributed by atoms with E-state index in [4.69, 9.17) is 14.2 Å². The fourth-order valence-corrected chi connectivity index (χ4v) is 4.12. The number of amides is 2. The lowest BCUT2D eigenvalue weighted by Gasteiger charge is -2.36. The largest absolute Gasteiger partial charge is 0.493 e. The molecule has 2 amide bonds. The second-order valence-electron chi connectivity index (χ2n) is 7.85. The van der Waals surface area contributed by atoms with Gasteiger partial charge in [-0.25, -0.2) is 9.59 Å². The summed E-state index contributed by atoms with van der Waals surface area (Å²) in [5, 5.41) is 5.72. The van der Waals surface area contributed by atoms with Crippen molar-refractivity contribution < 1.29 is 23.8 Å². The fraction of sp³-hybridized carbons (Fsp3) is 0.500. The Balaban J connectivity index is 1.93. The van der Waals surface area contributed by atoms with Gasteiger partial charge in [-0.05, 0) is 31.5 Å². The van der Waals surface area contributed by atoms with E-state index >= 15 is 0 Å². The van der Waals surface area contributed by atoms with Gasteiger partial charge in [0, 0.05) is 45.0 Å². The van der Waals surface area contributed by atoms with Crippen molar-refractivity contribution in [2.75, 3.05) is 59.6 Å². The van der Waals surface area contributed by atoms with E-state index in [1.807, 2.05) is 19.1 Å². The first-order chi connectivity index (χ1) is 16.0. The van der Waals surface area contributed by atoms with E-state index in [0.717, 1.165) is 32.7 Å². The number of nitrogens with zero attached hydrogens (tertiary/aromatic N) is 2. The number of hydrogen-bond acceptors (Lipinski definition) is 7. The van der Waals surface area contributed by atoms with Gasteiger partial charge in [0.2, 0.25) is 0 Å². The molecule has 1 aromatic carbocycles. The third-order valence-corrected chi connectivity index (χ3v) is 5.70. The van der Waals surface area contributed by atoms with E-state index in [-0.39, 0.29) is 12.6 Å². The van der Waals surface area contributed by atoms with Gasteiger partial charge in [0.05, 0.1) is 31.9 Å². The molecule has 0 radical (unpaired) electrons. The monoisotopic (exact) mass is 458 g/mol. The van der Waals surface area contributed by atoms with Gasteiger partial charge in [-0.2, -0.15) is 0 Å². The number of methoxy groups -OCH3 is 1. The molecule has 1 fully saturated rings. The Morgan fingerprint density at radius 1 is 1.15 bits per heavy atom. The smallest absolute Gasteiger partial charge is 0.338 e. The molecule has 2 aliphatic rings.